The molecule has 13 heavy (non-hydrogen) atoms. The molecule has 0 aromatic rings. The maximum atomic E-state index is 5.46. The average Bonchev–Trinajstić information content (AvgIpc) is 2.14. The summed E-state index contributed by atoms with van der Waals surface area (Å²) in [5, 5.41) is 3.56. The lowest BCUT2D eigenvalue weighted by Gasteiger charge is -2.34. The lowest BCUT2D eigenvalue weighted by atomic mass is 9.95. The summed E-state index contributed by atoms with van der Waals surface area (Å²) >= 11 is 0. The van der Waals surface area contributed by atoms with Crippen LogP contribution in [0.3, 0.4) is 0 Å². The van der Waals surface area contributed by atoms with Crippen molar-refractivity contribution in [3.63, 3.8) is 0 Å². The van der Waals surface area contributed by atoms with Gasteiger partial charge in [0.2, 0.25) is 0 Å². The minimum Gasteiger partial charge on any atom is -0.380 e. The molecule has 2 heteroatoms. The van der Waals surface area contributed by atoms with Gasteiger partial charge in [-0.25, -0.2) is 0 Å². The second-order valence-corrected chi connectivity index (χ2v) is 4.07. The third kappa shape index (κ3) is 3.92. The van der Waals surface area contributed by atoms with Crippen molar-refractivity contribution in [3.05, 3.63) is 12.7 Å². The largest absolute Gasteiger partial charge is 0.380 e. The van der Waals surface area contributed by atoms with Gasteiger partial charge in [-0.15, -0.1) is 6.58 Å². The zero-order valence-electron chi connectivity index (χ0n) is 8.64. The Morgan fingerprint density at radius 2 is 2.46 bits per heavy atom. The van der Waals surface area contributed by atoms with Crippen LogP contribution >= 0.6 is 0 Å². The van der Waals surface area contributed by atoms with Gasteiger partial charge in [-0.05, 0) is 39.2 Å². The van der Waals surface area contributed by atoms with Crippen molar-refractivity contribution < 1.29 is 4.74 Å². The molecule has 0 saturated carbocycles. The first-order chi connectivity index (χ1) is 6.27. The van der Waals surface area contributed by atoms with Crippen LogP contribution in [-0.2, 0) is 4.74 Å². The maximum Gasteiger partial charge on any atom is 0.0645 e. The molecule has 1 heterocycles. The standard InChI is InChI=1S/C11H21NO/c1-3-4-5-8-12-11(2)7-6-9-13-10-11/h3,12H,1,4-10H2,2H3. The predicted octanol–water partition coefficient (Wildman–Crippen LogP) is 2.11. The van der Waals surface area contributed by atoms with Gasteiger partial charge in [0.25, 0.3) is 0 Å². The SMILES string of the molecule is C=CCCCNC1(C)CCCOC1. The Labute approximate surface area is 81.4 Å². The molecule has 0 aromatic heterocycles. The molecule has 0 aliphatic carbocycles. The zero-order chi connectivity index (χ0) is 9.57. The lowest BCUT2D eigenvalue weighted by Crippen LogP contribution is -2.49. The van der Waals surface area contributed by atoms with E-state index in [0.717, 1.165) is 26.2 Å². The Balaban J connectivity index is 2.13. The number of rotatable bonds is 5. The summed E-state index contributed by atoms with van der Waals surface area (Å²) in [4.78, 5) is 0. The minimum absolute atomic E-state index is 0.222. The minimum atomic E-state index is 0.222. The highest BCUT2D eigenvalue weighted by molar-refractivity contribution is 4.85. The first kappa shape index (κ1) is 10.7. The van der Waals surface area contributed by atoms with Crippen molar-refractivity contribution >= 4 is 0 Å². The Morgan fingerprint density at radius 3 is 3.08 bits per heavy atom. The molecule has 1 N–H and O–H groups in total. The van der Waals surface area contributed by atoms with Gasteiger partial charge in [-0.1, -0.05) is 6.08 Å². The van der Waals surface area contributed by atoms with E-state index < -0.39 is 0 Å². The van der Waals surface area contributed by atoms with Gasteiger partial charge < -0.3 is 10.1 Å². The van der Waals surface area contributed by atoms with Crippen LogP contribution in [0.2, 0.25) is 0 Å². The fraction of sp³-hybridized carbons (Fsp3) is 0.818. The molecule has 1 atom stereocenters. The van der Waals surface area contributed by atoms with E-state index >= 15 is 0 Å². The van der Waals surface area contributed by atoms with E-state index in [0.29, 0.717) is 0 Å². The molecule has 0 radical (unpaired) electrons. The van der Waals surface area contributed by atoms with E-state index in [4.69, 9.17) is 4.74 Å². The topological polar surface area (TPSA) is 21.3 Å². The Morgan fingerprint density at radius 1 is 1.62 bits per heavy atom. The normalized spacial score (nSPS) is 28.7. The molecule has 1 rings (SSSR count). The summed E-state index contributed by atoms with van der Waals surface area (Å²) in [5.41, 5.74) is 0.222. The summed E-state index contributed by atoms with van der Waals surface area (Å²) in [5.74, 6) is 0. The second-order valence-electron chi connectivity index (χ2n) is 4.07. The molecule has 1 aliphatic heterocycles. The van der Waals surface area contributed by atoms with Crippen LogP contribution in [0.15, 0.2) is 12.7 Å². The summed E-state index contributed by atoms with van der Waals surface area (Å²) in [7, 11) is 0. The lowest BCUT2D eigenvalue weighted by molar-refractivity contribution is 0.0287. The average molecular weight is 183 g/mol. The highest BCUT2D eigenvalue weighted by Gasteiger charge is 2.26. The maximum absolute atomic E-state index is 5.46. The number of nitrogens with one attached hydrogen (secondary N) is 1. The van der Waals surface area contributed by atoms with Gasteiger partial charge in [-0.3, -0.25) is 0 Å². The smallest absolute Gasteiger partial charge is 0.0645 e. The molecule has 1 saturated heterocycles. The summed E-state index contributed by atoms with van der Waals surface area (Å²) in [6.45, 7) is 8.83. The molecular weight excluding hydrogens is 162 g/mol. The van der Waals surface area contributed by atoms with E-state index in [1.54, 1.807) is 0 Å². The van der Waals surface area contributed by atoms with Crippen LogP contribution in [0.4, 0.5) is 0 Å². The molecule has 1 aliphatic rings. The Kier molecular flexibility index (Phi) is 4.46. The molecule has 2 nitrogen and oxygen atoms in total. The van der Waals surface area contributed by atoms with E-state index in [-0.39, 0.29) is 5.54 Å². The Bertz CT molecular complexity index is 150. The van der Waals surface area contributed by atoms with Crippen LogP contribution in [-0.4, -0.2) is 25.3 Å². The van der Waals surface area contributed by atoms with E-state index in [1.807, 2.05) is 6.08 Å². The first-order valence-electron chi connectivity index (χ1n) is 5.20. The monoisotopic (exact) mass is 183 g/mol. The van der Waals surface area contributed by atoms with Crippen molar-refractivity contribution in [2.24, 2.45) is 0 Å². The van der Waals surface area contributed by atoms with Gasteiger partial charge in [-0.2, -0.15) is 0 Å². The molecule has 1 unspecified atom stereocenters. The number of hydrogen-bond acceptors (Lipinski definition) is 2. The van der Waals surface area contributed by atoms with Crippen molar-refractivity contribution in [1.82, 2.24) is 5.32 Å². The highest BCUT2D eigenvalue weighted by atomic mass is 16.5. The highest BCUT2D eigenvalue weighted by Crippen LogP contribution is 2.17. The third-order valence-corrected chi connectivity index (χ3v) is 2.57. The third-order valence-electron chi connectivity index (χ3n) is 2.57. The fourth-order valence-electron chi connectivity index (χ4n) is 1.71. The predicted molar refractivity (Wildman–Crippen MR) is 55.9 cm³/mol. The van der Waals surface area contributed by atoms with Crippen molar-refractivity contribution in [2.45, 2.75) is 38.1 Å². The van der Waals surface area contributed by atoms with Crippen LogP contribution in [0.25, 0.3) is 0 Å². The van der Waals surface area contributed by atoms with E-state index in [9.17, 15) is 0 Å². The molecular formula is C11H21NO. The molecule has 0 amide bonds. The Hall–Kier alpha value is -0.340. The second kappa shape index (κ2) is 5.40. The fourth-order valence-corrected chi connectivity index (χ4v) is 1.71. The first-order valence-corrected chi connectivity index (χ1v) is 5.20. The van der Waals surface area contributed by atoms with Crippen molar-refractivity contribution in [1.29, 1.82) is 0 Å². The molecule has 76 valence electrons. The van der Waals surface area contributed by atoms with Crippen LogP contribution in [0.5, 0.6) is 0 Å². The molecule has 0 bridgehead atoms. The number of unbranched alkanes of at least 4 members (excludes halogenated alkanes) is 1. The molecule has 0 spiro atoms. The van der Waals surface area contributed by atoms with Crippen molar-refractivity contribution in [2.75, 3.05) is 19.8 Å². The van der Waals surface area contributed by atoms with E-state index in [2.05, 4.69) is 18.8 Å². The van der Waals surface area contributed by atoms with Crippen molar-refractivity contribution in [3.8, 4) is 0 Å². The van der Waals surface area contributed by atoms with Crippen LogP contribution < -0.4 is 5.32 Å². The summed E-state index contributed by atoms with van der Waals surface area (Å²) in [6.07, 6.45) is 6.68. The van der Waals surface area contributed by atoms with Crippen LogP contribution in [0, 0.1) is 0 Å². The van der Waals surface area contributed by atoms with Crippen LogP contribution in [0.1, 0.15) is 32.6 Å². The van der Waals surface area contributed by atoms with E-state index in [1.165, 1.54) is 19.3 Å². The quantitative estimate of drug-likeness (QED) is 0.520. The van der Waals surface area contributed by atoms with Gasteiger partial charge in [0.1, 0.15) is 0 Å². The summed E-state index contributed by atoms with van der Waals surface area (Å²) in [6, 6.07) is 0. The number of hydrogen-bond donors (Lipinski definition) is 1. The molecule has 1 fully saturated rings. The molecule has 0 aromatic carbocycles. The van der Waals surface area contributed by atoms with Gasteiger partial charge >= 0.3 is 0 Å². The van der Waals surface area contributed by atoms with Gasteiger partial charge in [0.05, 0.1) is 6.61 Å². The number of allylic oxidation sites excluding steroid dienone is 1. The number of ether oxygens (including phenoxy) is 1. The summed E-state index contributed by atoms with van der Waals surface area (Å²) < 4.78 is 5.46. The zero-order valence-corrected chi connectivity index (χ0v) is 8.64. The van der Waals surface area contributed by atoms with Gasteiger partial charge in [0, 0.05) is 12.1 Å². The van der Waals surface area contributed by atoms with Gasteiger partial charge in [0.15, 0.2) is 0 Å².